The SMILES string of the molecule is CC#CCOc1ccc(C[C@H](NC(=O)[C@@H](/C=C/CCCCCCC(=O)CCCCCCC)[C@@](O)(CC(=O)NCCOC)C(=O)[O-])C(=O)O)cc1.CC#CCOc1ccc(C[C@H](NC(=O)[C@@H](/C=C/CCCCCCC(=O)CCCCCCC)[C@@](O)(CC(=O)NCCOC)C(=O)[O-])C(=O)O)cc1.[Na+].[Na+]. The van der Waals surface area contributed by atoms with Crippen LogP contribution in [0.1, 0.15) is 206 Å². The second-order valence-electron chi connectivity index (χ2n) is 24.5. The van der Waals surface area contributed by atoms with Crippen LogP contribution in [0.25, 0.3) is 0 Å². The maximum absolute atomic E-state index is 13.5. The van der Waals surface area contributed by atoms with Crippen LogP contribution in [0.3, 0.4) is 0 Å². The number of allylic oxidation sites excluding steroid dienone is 2. The van der Waals surface area contributed by atoms with Crippen molar-refractivity contribution in [2.24, 2.45) is 11.8 Å². The fourth-order valence-corrected chi connectivity index (χ4v) is 10.4. The van der Waals surface area contributed by atoms with Crippen LogP contribution in [0, 0.1) is 35.5 Å². The molecule has 0 unspecified atom stereocenters. The second-order valence-corrected chi connectivity index (χ2v) is 24.5. The number of rotatable bonds is 56. The second kappa shape index (κ2) is 59.9. The molecule has 26 heteroatoms. The van der Waals surface area contributed by atoms with Gasteiger partial charge in [-0.15, -0.1) is 11.8 Å². The van der Waals surface area contributed by atoms with E-state index in [0.717, 1.165) is 89.9 Å². The summed E-state index contributed by atoms with van der Waals surface area (Å²) in [4.78, 5) is 125. The monoisotopic (exact) mass is 1440 g/mol. The van der Waals surface area contributed by atoms with Gasteiger partial charge in [-0.3, -0.25) is 28.8 Å². The molecule has 0 saturated heterocycles. The zero-order chi connectivity index (χ0) is 74.4. The summed E-state index contributed by atoms with van der Waals surface area (Å²) < 4.78 is 20.7. The summed E-state index contributed by atoms with van der Waals surface area (Å²) in [6, 6.07) is 10.0. The average molecular weight is 1450 g/mol. The topological polar surface area (TPSA) is 383 Å². The molecule has 2 rings (SSSR count). The molecule has 0 radical (unpaired) electrons. The summed E-state index contributed by atoms with van der Waals surface area (Å²) in [5.41, 5.74) is -4.89. The summed E-state index contributed by atoms with van der Waals surface area (Å²) in [6.07, 6.45) is 23.3. The number of aliphatic hydroxyl groups is 2. The van der Waals surface area contributed by atoms with E-state index in [2.05, 4.69) is 58.8 Å². The zero-order valence-corrected chi connectivity index (χ0v) is 65.6. The van der Waals surface area contributed by atoms with Crippen LogP contribution in [0.2, 0.25) is 0 Å². The summed E-state index contributed by atoms with van der Waals surface area (Å²) in [7, 11) is 2.82. The molecule has 0 fully saturated rings. The molecular formula is C76H110N4Na2O20. The number of Topliss-reactive ketones (excluding diaryl/α,β-unsaturated/α-hetero) is 2. The normalized spacial score (nSPS) is 13.1. The smallest absolute Gasteiger partial charge is 0.547 e. The Labute approximate surface area is 647 Å². The number of carbonyl (C=O) groups is 10. The van der Waals surface area contributed by atoms with Gasteiger partial charge in [0.05, 0.1) is 49.8 Å². The minimum absolute atomic E-state index is 0. The summed E-state index contributed by atoms with van der Waals surface area (Å²) in [6.45, 7) is 8.37. The summed E-state index contributed by atoms with van der Waals surface area (Å²) in [5.74, 6) is -2.00. The third-order valence-electron chi connectivity index (χ3n) is 16.3. The molecular weight excluding hydrogens is 1330 g/mol. The molecule has 0 aliphatic carbocycles. The number of nitrogens with one attached hydrogen (secondary N) is 4. The maximum Gasteiger partial charge on any atom is 1.00 e. The molecule has 0 saturated carbocycles. The number of methoxy groups -OCH3 is 2. The minimum atomic E-state index is -2.99. The first kappa shape index (κ1) is 97.6. The van der Waals surface area contributed by atoms with Crippen LogP contribution in [-0.4, -0.2) is 157 Å². The van der Waals surface area contributed by atoms with E-state index >= 15 is 0 Å². The number of carboxylic acids is 4. The van der Waals surface area contributed by atoms with Gasteiger partial charge >= 0.3 is 71.1 Å². The predicted molar refractivity (Wildman–Crippen MR) is 374 cm³/mol. The fraction of sp³-hybridized carbons (Fsp3) is 0.605. The summed E-state index contributed by atoms with van der Waals surface area (Å²) in [5, 5.41) is 76.4. The van der Waals surface area contributed by atoms with E-state index in [1.54, 1.807) is 62.4 Å². The third kappa shape index (κ3) is 43.6. The van der Waals surface area contributed by atoms with Gasteiger partial charge in [-0.05, 0) is 101 Å². The third-order valence-corrected chi connectivity index (χ3v) is 16.3. The number of aliphatic carboxylic acids is 4. The number of carboxylic acid groups (broad SMARTS) is 4. The molecule has 0 spiro atoms. The van der Waals surface area contributed by atoms with Gasteiger partial charge in [0.1, 0.15) is 59.6 Å². The van der Waals surface area contributed by atoms with E-state index in [4.69, 9.17) is 18.9 Å². The first-order valence-electron chi connectivity index (χ1n) is 35.0. The van der Waals surface area contributed by atoms with Crippen molar-refractivity contribution in [3.63, 3.8) is 0 Å². The van der Waals surface area contributed by atoms with Crippen molar-refractivity contribution in [1.82, 2.24) is 21.3 Å². The zero-order valence-electron chi connectivity index (χ0n) is 61.6. The van der Waals surface area contributed by atoms with E-state index in [9.17, 15) is 78.6 Å². The molecule has 2 aromatic rings. The van der Waals surface area contributed by atoms with E-state index in [-0.39, 0.29) is 123 Å². The van der Waals surface area contributed by atoms with Crippen LogP contribution < -0.4 is 100 Å². The maximum atomic E-state index is 13.5. The number of unbranched alkanes of at least 4 members (excludes halogenated alkanes) is 16. The van der Waals surface area contributed by atoms with E-state index < -0.39 is 95.5 Å². The molecule has 4 amide bonds. The van der Waals surface area contributed by atoms with Gasteiger partial charge in [0.15, 0.2) is 0 Å². The Hall–Kier alpha value is -6.42. The van der Waals surface area contributed by atoms with Gasteiger partial charge in [-0.1, -0.05) is 151 Å². The van der Waals surface area contributed by atoms with E-state index in [1.807, 2.05) is 0 Å². The van der Waals surface area contributed by atoms with Crippen molar-refractivity contribution in [2.75, 3.05) is 53.7 Å². The number of carbonyl (C=O) groups excluding carboxylic acids is 8. The van der Waals surface area contributed by atoms with Gasteiger partial charge in [0, 0.05) is 65.8 Å². The van der Waals surface area contributed by atoms with Crippen molar-refractivity contribution in [2.45, 2.75) is 231 Å². The number of ketones is 2. The standard InChI is InChI=1S/2C38H56N2O10.2Na/c2*1-4-6-8-11-14-17-30(41)18-15-12-9-10-13-16-19-32(38(48,37(46)47)28-34(42)39-24-26-49-3)35(43)40-33(36(44)45)27-29-20-22-31(23-21-29)50-25-7-5-2;;/h2*16,19-23,32-33,48H,4,6,8-15,17-18,24-28H2,1-3H3,(H,39,42)(H,40,43)(H,44,45)(H,46,47);;/q;;2*+1/p-2/b2*19-16+;;/t2*32-,33+,38+;;/m11../s1. The van der Waals surface area contributed by atoms with Gasteiger partial charge in [-0.25, -0.2) is 9.59 Å². The Morgan fingerprint density at radius 1 is 0.490 bits per heavy atom. The Kier molecular flexibility index (Phi) is 57.3. The van der Waals surface area contributed by atoms with Crippen LogP contribution in [0.4, 0.5) is 0 Å². The number of ether oxygens (including phenoxy) is 4. The van der Waals surface area contributed by atoms with Crippen molar-refractivity contribution in [3.05, 3.63) is 84.0 Å². The quantitative estimate of drug-likeness (QED) is 0.0194. The van der Waals surface area contributed by atoms with Gasteiger partial charge in [0.2, 0.25) is 23.6 Å². The van der Waals surface area contributed by atoms with Crippen LogP contribution in [0.15, 0.2) is 72.8 Å². The molecule has 24 nitrogen and oxygen atoms in total. The molecule has 0 aliphatic heterocycles. The minimum Gasteiger partial charge on any atom is -0.547 e. The first-order chi connectivity index (χ1) is 48.0. The number of hydrogen-bond donors (Lipinski definition) is 8. The fourth-order valence-electron chi connectivity index (χ4n) is 10.4. The Bertz CT molecular complexity index is 2780. The molecule has 102 heavy (non-hydrogen) atoms. The Morgan fingerprint density at radius 2 is 0.804 bits per heavy atom. The van der Waals surface area contributed by atoms with Crippen molar-refractivity contribution in [1.29, 1.82) is 0 Å². The largest absolute Gasteiger partial charge is 1.00 e. The Balaban J connectivity index is 0. The van der Waals surface area contributed by atoms with Crippen LogP contribution >= 0.6 is 0 Å². The van der Waals surface area contributed by atoms with Gasteiger partial charge < -0.3 is 80.4 Å². The van der Waals surface area contributed by atoms with Crippen LogP contribution in [-0.2, 0) is 70.3 Å². The molecule has 0 bridgehead atoms. The first-order valence-corrected chi connectivity index (χ1v) is 35.0. The molecule has 2 aromatic carbocycles. The predicted octanol–water partition coefficient (Wildman–Crippen LogP) is 0.562. The van der Waals surface area contributed by atoms with Crippen LogP contribution in [0.5, 0.6) is 11.5 Å². The number of amides is 4. The van der Waals surface area contributed by atoms with Gasteiger partial charge in [-0.2, -0.15) is 0 Å². The summed E-state index contributed by atoms with van der Waals surface area (Å²) >= 11 is 0. The van der Waals surface area contributed by atoms with Crippen molar-refractivity contribution < 1.29 is 157 Å². The van der Waals surface area contributed by atoms with Gasteiger partial charge in [0.25, 0.3) is 0 Å². The molecule has 0 aliphatic rings. The number of hydrogen-bond acceptors (Lipinski definition) is 18. The molecule has 0 heterocycles. The molecule has 8 N–H and O–H groups in total. The average Bonchev–Trinajstić information content (AvgIpc) is 0.808. The number of benzene rings is 2. The molecule has 0 aromatic heterocycles. The van der Waals surface area contributed by atoms with Crippen molar-refractivity contribution in [3.8, 4) is 35.2 Å². The molecule has 6 atom stereocenters. The van der Waals surface area contributed by atoms with Crippen molar-refractivity contribution >= 4 is 59.1 Å². The van der Waals surface area contributed by atoms with E-state index in [0.29, 0.717) is 74.0 Å². The Morgan fingerprint density at radius 3 is 1.09 bits per heavy atom. The molecule has 556 valence electrons. The van der Waals surface area contributed by atoms with E-state index in [1.165, 1.54) is 51.4 Å².